The molecule has 0 fully saturated rings. The first-order valence-corrected chi connectivity index (χ1v) is 9.50. The van der Waals surface area contributed by atoms with Gasteiger partial charge in [0.1, 0.15) is 0 Å². The van der Waals surface area contributed by atoms with Crippen LogP contribution < -0.4 is 9.47 Å². The van der Waals surface area contributed by atoms with Gasteiger partial charge in [-0.2, -0.15) is 0 Å². The molecule has 1 aliphatic carbocycles. The van der Waals surface area contributed by atoms with Gasteiger partial charge in [0.05, 0.1) is 0 Å². The highest BCUT2D eigenvalue weighted by Gasteiger charge is 2.36. The summed E-state index contributed by atoms with van der Waals surface area (Å²) in [6.07, 6.45) is 4.71. The van der Waals surface area contributed by atoms with Crippen molar-refractivity contribution in [1.29, 1.82) is 0 Å². The van der Waals surface area contributed by atoms with Crippen LogP contribution in [0.1, 0.15) is 69.7 Å². The van der Waals surface area contributed by atoms with E-state index in [1.165, 1.54) is 35.1 Å². The monoisotopic (exact) mass is 348 g/mol. The van der Waals surface area contributed by atoms with Crippen molar-refractivity contribution in [3.05, 3.63) is 58.7 Å². The van der Waals surface area contributed by atoms with E-state index in [4.69, 9.17) is 9.47 Å². The van der Waals surface area contributed by atoms with Crippen LogP contribution in [0.5, 0.6) is 11.5 Å². The Balaban J connectivity index is 1.72. The third-order valence-electron chi connectivity index (χ3n) is 6.09. The summed E-state index contributed by atoms with van der Waals surface area (Å²) >= 11 is 0. The smallest absolute Gasteiger partial charge is 0.231 e. The second-order valence-corrected chi connectivity index (χ2v) is 8.97. The Labute approximate surface area is 156 Å². The predicted molar refractivity (Wildman–Crippen MR) is 108 cm³/mol. The van der Waals surface area contributed by atoms with Crippen LogP contribution in [0, 0.1) is 0 Å². The molecule has 0 aromatic heterocycles. The first-order valence-electron chi connectivity index (χ1n) is 9.50. The highest BCUT2D eigenvalue weighted by Crippen LogP contribution is 2.46. The first-order chi connectivity index (χ1) is 12.3. The summed E-state index contributed by atoms with van der Waals surface area (Å²) in [4.78, 5) is 0. The van der Waals surface area contributed by atoms with Gasteiger partial charge in [0.15, 0.2) is 11.5 Å². The quantitative estimate of drug-likeness (QED) is 0.591. The minimum absolute atomic E-state index is 0.236. The molecular weight excluding hydrogens is 320 g/mol. The summed E-state index contributed by atoms with van der Waals surface area (Å²) in [5.41, 5.74) is 7.22. The Morgan fingerprint density at radius 2 is 1.54 bits per heavy atom. The molecule has 0 spiro atoms. The summed E-state index contributed by atoms with van der Waals surface area (Å²) in [6.45, 7) is 12.0. The Hall–Kier alpha value is -2.22. The molecule has 2 aliphatic rings. The van der Waals surface area contributed by atoms with Gasteiger partial charge < -0.3 is 9.47 Å². The van der Waals surface area contributed by atoms with Crippen molar-refractivity contribution in [1.82, 2.24) is 0 Å². The molecule has 0 atom stereocenters. The maximum Gasteiger partial charge on any atom is 0.231 e. The van der Waals surface area contributed by atoms with Gasteiger partial charge in [-0.25, -0.2) is 0 Å². The van der Waals surface area contributed by atoms with E-state index in [1.54, 1.807) is 0 Å². The molecule has 2 aromatic carbocycles. The van der Waals surface area contributed by atoms with Gasteiger partial charge in [-0.05, 0) is 70.6 Å². The fourth-order valence-electron chi connectivity index (χ4n) is 4.17. The van der Waals surface area contributed by atoms with Crippen molar-refractivity contribution in [3.8, 4) is 11.5 Å². The van der Waals surface area contributed by atoms with Crippen LogP contribution in [0.4, 0.5) is 0 Å². The van der Waals surface area contributed by atoms with Gasteiger partial charge in [-0.15, -0.1) is 0 Å². The van der Waals surface area contributed by atoms with Crippen LogP contribution in [0.15, 0.2) is 36.4 Å². The summed E-state index contributed by atoms with van der Waals surface area (Å²) in [7, 11) is 0. The lowest BCUT2D eigenvalue weighted by atomic mass is 9.63. The largest absolute Gasteiger partial charge is 0.454 e. The molecule has 0 N–H and O–H groups in total. The molecule has 0 radical (unpaired) electrons. The van der Waals surface area contributed by atoms with Crippen LogP contribution in [-0.2, 0) is 10.8 Å². The lowest BCUT2D eigenvalue weighted by Gasteiger charge is -2.42. The van der Waals surface area contributed by atoms with E-state index >= 15 is 0 Å². The molecule has 1 aliphatic heterocycles. The minimum atomic E-state index is 0.236. The number of fused-ring (bicyclic) bond motifs is 2. The summed E-state index contributed by atoms with van der Waals surface area (Å²) in [6, 6.07) is 13.2. The van der Waals surface area contributed by atoms with E-state index in [2.05, 4.69) is 71.0 Å². The van der Waals surface area contributed by atoms with E-state index in [0.717, 1.165) is 17.1 Å². The fraction of sp³-hybridized carbons (Fsp3) is 0.417. The number of allylic oxidation sites excluding steroid dienone is 1. The molecule has 0 saturated heterocycles. The van der Waals surface area contributed by atoms with Crippen LogP contribution in [-0.4, -0.2) is 6.79 Å². The van der Waals surface area contributed by atoms with Gasteiger partial charge in [0, 0.05) is 0 Å². The third kappa shape index (κ3) is 2.92. The molecule has 0 amide bonds. The number of hydrogen-bond acceptors (Lipinski definition) is 2. The molecule has 26 heavy (non-hydrogen) atoms. The van der Waals surface area contributed by atoms with Gasteiger partial charge in [-0.3, -0.25) is 0 Å². The molecular formula is C24H28O2. The van der Waals surface area contributed by atoms with Gasteiger partial charge in [0.25, 0.3) is 0 Å². The summed E-state index contributed by atoms with van der Waals surface area (Å²) in [5.74, 6) is 1.66. The zero-order chi connectivity index (χ0) is 18.5. The van der Waals surface area contributed by atoms with E-state index < -0.39 is 0 Å². The van der Waals surface area contributed by atoms with Crippen LogP contribution in [0.25, 0.3) is 11.6 Å². The number of ether oxygens (including phenoxy) is 2. The molecule has 1 heterocycles. The average Bonchev–Trinajstić information content (AvgIpc) is 3.06. The van der Waals surface area contributed by atoms with Crippen molar-refractivity contribution in [3.63, 3.8) is 0 Å². The van der Waals surface area contributed by atoms with Crippen molar-refractivity contribution in [2.45, 2.75) is 58.3 Å². The SMILES string of the molecule is CC(=Cc1ccc2c(c1)OCO2)c1ccc2c(c1)C(C)(C)CCC2(C)C. The lowest BCUT2D eigenvalue weighted by molar-refractivity contribution is 0.174. The molecule has 0 bridgehead atoms. The van der Waals surface area contributed by atoms with Gasteiger partial charge >= 0.3 is 0 Å². The van der Waals surface area contributed by atoms with Crippen LogP contribution in [0.2, 0.25) is 0 Å². The fourth-order valence-corrected chi connectivity index (χ4v) is 4.17. The van der Waals surface area contributed by atoms with Crippen molar-refractivity contribution >= 4 is 11.6 Å². The second kappa shape index (κ2) is 5.90. The standard InChI is InChI=1S/C24H28O2/c1-16(12-17-6-9-21-22(13-17)26-15-25-21)18-7-8-19-20(14-18)24(4,5)11-10-23(19,2)3/h6-9,12-14H,10-11,15H2,1-5H3. The number of benzene rings is 2. The van der Waals surface area contributed by atoms with Crippen LogP contribution in [0.3, 0.4) is 0 Å². The highest BCUT2D eigenvalue weighted by molar-refractivity contribution is 5.81. The summed E-state index contributed by atoms with van der Waals surface area (Å²) in [5, 5.41) is 0. The van der Waals surface area contributed by atoms with E-state index in [9.17, 15) is 0 Å². The normalized spacial score (nSPS) is 20.0. The first kappa shape index (κ1) is 17.2. The van der Waals surface area contributed by atoms with Crippen molar-refractivity contribution in [2.75, 3.05) is 6.79 Å². The lowest BCUT2D eigenvalue weighted by Crippen LogP contribution is -2.33. The number of hydrogen-bond donors (Lipinski definition) is 0. The topological polar surface area (TPSA) is 18.5 Å². The molecule has 136 valence electrons. The Bertz CT molecular complexity index is 887. The zero-order valence-electron chi connectivity index (χ0n) is 16.5. The highest BCUT2D eigenvalue weighted by atomic mass is 16.7. The maximum absolute atomic E-state index is 5.50. The van der Waals surface area contributed by atoms with Crippen molar-refractivity contribution in [2.24, 2.45) is 0 Å². The van der Waals surface area contributed by atoms with Gasteiger partial charge in [0.2, 0.25) is 6.79 Å². The minimum Gasteiger partial charge on any atom is -0.454 e. The Morgan fingerprint density at radius 3 is 2.31 bits per heavy atom. The molecule has 0 unspecified atom stereocenters. The third-order valence-corrected chi connectivity index (χ3v) is 6.09. The molecule has 4 rings (SSSR count). The molecule has 2 aromatic rings. The molecule has 2 heteroatoms. The second-order valence-electron chi connectivity index (χ2n) is 8.97. The molecule has 0 saturated carbocycles. The maximum atomic E-state index is 5.50. The zero-order valence-corrected chi connectivity index (χ0v) is 16.5. The van der Waals surface area contributed by atoms with Gasteiger partial charge in [-0.1, -0.05) is 58.0 Å². The number of rotatable bonds is 2. The van der Waals surface area contributed by atoms with Crippen molar-refractivity contribution < 1.29 is 9.47 Å². The van der Waals surface area contributed by atoms with Crippen LogP contribution >= 0.6 is 0 Å². The van der Waals surface area contributed by atoms with E-state index in [0.29, 0.717) is 6.79 Å². The Kier molecular flexibility index (Phi) is 3.91. The summed E-state index contributed by atoms with van der Waals surface area (Å²) < 4.78 is 10.9. The Morgan fingerprint density at radius 1 is 0.846 bits per heavy atom. The molecule has 2 nitrogen and oxygen atoms in total. The van der Waals surface area contributed by atoms with E-state index in [1.807, 2.05) is 6.07 Å². The predicted octanol–water partition coefficient (Wildman–Crippen LogP) is 6.32. The van der Waals surface area contributed by atoms with E-state index in [-0.39, 0.29) is 10.8 Å². The average molecular weight is 348 g/mol.